The van der Waals surface area contributed by atoms with Gasteiger partial charge in [-0.1, -0.05) is 95.2 Å². The van der Waals surface area contributed by atoms with Gasteiger partial charge in [-0.3, -0.25) is 0 Å². The molecule has 1 aromatic heterocycles. The van der Waals surface area contributed by atoms with Crippen LogP contribution in [-0.4, -0.2) is 35.0 Å². The fraction of sp³-hybridized carbons (Fsp3) is 0.0500. The third-order valence-electron chi connectivity index (χ3n) is 8.46. The number of halogens is 2. The van der Waals surface area contributed by atoms with Crippen LogP contribution < -0.4 is 54.7 Å². The Morgan fingerprint density at radius 2 is 1.12 bits per heavy atom. The second-order valence-corrected chi connectivity index (χ2v) is 11.5. The van der Waals surface area contributed by atoms with Crippen LogP contribution in [0.4, 0.5) is 11.4 Å². The smallest absolute Gasteiger partial charge is 0.340 e. The lowest BCUT2D eigenvalue weighted by molar-refractivity contribution is -0.846. The summed E-state index contributed by atoms with van der Waals surface area (Å²) in [6, 6.07) is 52.3. The zero-order valence-corrected chi connectivity index (χ0v) is 29.8. The Bertz CT molecular complexity index is 2290. The van der Waals surface area contributed by atoms with Gasteiger partial charge in [0.1, 0.15) is 11.4 Å². The maximum Gasteiger partial charge on any atom is 0.340 e. The van der Waals surface area contributed by atoms with E-state index in [1.165, 1.54) is 0 Å². The van der Waals surface area contributed by atoms with E-state index in [1.807, 2.05) is 151 Å². The predicted molar refractivity (Wildman–Crippen MR) is 193 cm³/mol. The van der Waals surface area contributed by atoms with E-state index in [1.54, 1.807) is 23.8 Å². The summed E-state index contributed by atoms with van der Waals surface area (Å²) in [5.41, 5.74) is 10.7. The van der Waals surface area contributed by atoms with Crippen molar-refractivity contribution in [2.24, 2.45) is 5.10 Å². The monoisotopic (exact) mass is 728 g/mol. The molecule has 1 aliphatic heterocycles. The van der Waals surface area contributed by atoms with Crippen molar-refractivity contribution in [2.75, 3.05) is 19.3 Å². The van der Waals surface area contributed by atoms with Crippen LogP contribution in [0.1, 0.15) is 5.56 Å². The number of amidine groups is 1. The Kier molecular flexibility index (Phi) is 10.8. The van der Waals surface area contributed by atoms with Crippen LogP contribution >= 0.6 is 0 Å². The molecule has 1 aliphatic rings. The lowest BCUT2D eigenvalue weighted by Crippen LogP contribution is -3.10. The Morgan fingerprint density at radius 1 is 0.577 bits per heavy atom. The summed E-state index contributed by atoms with van der Waals surface area (Å²) in [6.45, 7) is 0. The number of benzene rings is 6. The molecule has 2 heterocycles. The molecule has 0 radical (unpaired) electrons. The molecular formula is C40H34Cl2N8O2. The van der Waals surface area contributed by atoms with Gasteiger partial charge in [0, 0.05) is 16.4 Å². The summed E-state index contributed by atoms with van der Waals surface area (Å²) in [5.74, 6) is 2.68. The number of hydrogen-bond donors (Lipinski definition) is 2. The number of nitrogens with one attached hydrogen (secondary N) is 2. The van der Waals surface area contributed by atoms with Crippen molar-refractivity contribution < 1.29 is 44.2 Å². The molecule has 2 N–H and O–H groups in total. The summed E-state index contributed by atoms with van der Waals surface area (Å²) in [6.07, 6.45) is 0. The summed E-state index contributed by atoms with van der Waals surface area (Å²) in [4.78, 5) is 3.56. The van der Waals surface area contributed by atoms with Crippen molar-refractivity contribution in [3.63, 3.8) is 0 Å². The number of aromatic nitrogens is 4. The van der Waals surface area contributed by atoms with Crippen LogP contribution in [0, 0.1) is 0 Å². The van der Waals surface area contributed by atoms with Crippen LogP contribution in [0.3, 0.4) is 0 Å². The number of para-hydroxylation sites is 2. The van der Waals surface area contributed by atoms with E-state index in [4.69, 9.17) is 24.8 Å². The van der Waals surface area contributed by atoms with Crippen molar-refractivity contribution in [3.8, 4) is 45.4 Å². The fourth-order valence-corrected chi connectivity index (χ4v) is 5.96. The topological polar surface area (TPSA) is 85.1 Å². The quantitative estimate of drug-likeness (QED) is 0.199. The van der Waals surface area contributed by atoms with E-state index in [-0.39, 0.29) is 24.8 Å². The predicted octanol–water partition coefficient (Wildman–Crippen LogP) is -0.279. The van der Waals surface area contributed by atoms with Gasteiger partial charge in [0.05, 0.1) is 24.9 Å². The van der Waals surface area contributed by atoms with Gasteiger partial charge in [-0.2, -0.15) is 0 Å². The molecule has 0 fully saturated rings. The summed E-state index contributed by atoms with van der Waals surface area (Å²) >= 11 is 0. The molecule has 52 heavy (non-hydrogen) atoms. The number of anilines is 1. The highest BCUT2D eigenvalue weighted by atomic mass is 35.5. The molecule has 1 unspecified atom stereocenters. The minimum absolute atomic E-state index is 0. The molecule has 7 aromatic rings. The first-order valence-electron chi connectivity index (χ1n) is 16.2. The SMILES string of the molecule is COc1cc(-c2ccc([NH+]3N=C(c4ccccc4)NN3c3ccccc3)c(OC)c2)ccc1-[n+]1nc(-c2ccccc2)nn1-c1ccccc1.[Cl-].[Cl-]. The van der Waals surface area contributed by atoms with Gasteiger partial charge in [-0.25, -0.2) is 5.43 Å². The Morgan fingerprint density at radius 3 is 1.73 bits per heavy atom. The molecule has 0 saturated heterocycles. The van der Waals surface area contributed by atoms with Gasteiger partial charge >= 0.3 is 5.82 Å². The minimum Gasteiger partial charge on any atom is -1.00 e. The highest BCUT2D eigenvalue weighted by molar-refractivity contribution is 5.99. The fourth-order valence-electron chi connectivity index (χ4n) is 5.96. The highest BCUT2D eigenvalue weighted by Crippen LogP contribution is 2.33. The molecule has 1 atom stereocenters. The maximum atomic E-state index is 6.00. The Labute approximate surface area is 313 Å². The van der Waals surface area contributed by atoms with Crippen molar-refractivity contribution in [1.82, 2.24) is 20.4 Å². The maximum absolute atomic E-state index is 6.00. The minimum atomic E-state index is 0. The summed E-state index contributed by atoms with van der Waals surface area (Å²) in [5, 5.41) is 17.6. The van der Waals surface area contributed by atoms with Gasteiger partial charge in [-0.15, -0.1) is 0 Å². The third-order valence-corrected chi connectivity index (χ3v) is 8.46. The zero-order chi connectivity index (χ0) is 33.9. The molecule has 12 heteroatoms. The van der Waals surface area contributed by atoms with Crippen molar-refractivity contribution in [2.45, 2.75) is 0 Å². The Hall–Kier alpha value is -6.20. The number of hydrazine groups is 1. The molecule has 6 aromatic carbocycles. The molecule has 0 aliphatic carbocycles. The van der Waals surface area contributed by atoms with Crippen LogP contribution in [0.25, 0.3) is 33.9 Å². The number of hydrogen-bond acceptors (Lipinski definition) is 7. The standard InChI is InChI=1S/C40H33N8O2.2ClH/c1-49-37-27-31(23-25-35(37)47-43-39(29-15-7-3-8-16-29)41-45(47)33-19-11-5-12-20-33)32-24-26-36(38(28-32)50-2)48-44-40(30-17-9-4-10-18-30)42-46(48)34-21-13-6-14-22-34;;/h3-28H,1-2H3,(H,41,43);2*1H/q+1;;/p-1. The van der Waals surface area contributed by atoms with E-state index < -0.39 is 0 Å². The summed E-state index contributed by atoms with van der Waals surface area (Å²) < 4.78 is 12.0. The largest absolute Gasteiger partial charge is 1.00 e. The molecule has 0 bridgehead atoms. The van der Waals surface area contributed by atoms with E-state index >= 15 is 0 Å². The number of quaternary nitrogens is 1. The second-order valence-electron chi connectivity index (χ2n) is 11.5. The number of rotatable bonds is 9. The van der Waals surface area contributed by atoms with Gasteiger partial charge in [-0.05, 0) is 92.9 Å². The zero-order valence-electron chi connectivity index (χ0n) is 28.3. The normalized spacial score (nSPS) is 13.3. The average Bonchev–Trinajstić information content (AvgIpc) is 3.85. The Balaban J connectivity index is 0.00000232. The van der Waals surface area contributed by atoms with Gasteiger partial charge in [0.25, 0.3) is 0 Å². The third kappa shape index (κ3) is 6.90. The summed E-state index contributed by atoms with van der Waals surface area (Å²) in [7, 11) is 3.35. The molecule has 8 rings (SSSR count). The number of nitrogens with zero attached hydrogens (tertiary/aromatic N) is 6. The lowest BCUT2D eigenvalue weighted by atomic mass is 10.0. The number of tetrazole rings is 1. The van der Waals surface area contributed by atoms with Gasteiger partial charge in [0.15, 0.2) is 11.5 Å². The first-order valence-corrected chi connectivity index (χ1v) is 16.2. The van der Waals surface area contributed by atoms with E-state index in [0.717, 1.165) is 56.0 Å². The van der Waals surface area contributed by atoms with Crippen LogP contribution in [0.15, 0.2) is 163 Å². The van der Waals surface area contributed by atoms with Gasteiger partial charge in [0.2, 0.25) is 17.2 Å². The van der Waals surface area contributed by atoms with Crippen LogP contribution in [-0.2, 0) is 0 Å². The lowest BCUT2D eigenvalue weighted by Gasteiger charge is -2.23. The number of ether oxygens (including phenoxy) is 2. The van der Waals surface area contributed by atoms with E-state index in [0.29, 0.717) is 17.3 Å². The van der Waals surface area contributed by atoms with Crippen molar-refractivity contribution >= 4 is 17.2 Å². The van der Waals surface area contributed by atoms with Crippen LogP contribution in [0.2, 0.25) is 0 Å². The van der Waals surface area contributed by atoms with E-state index in [2.05, 4.69) is 17.6 Å². The second kappa shape index (κ2) is 15.8. The molecule has 0 amide bonds. The number of methoxy groups -OCH3 is 2. The molecule has 260 valence electrons. The molecule has 0 spiro atoms. The molecule has 0 saturated carbocycles. The first kappa shape index (κ1) is 35.6. The average molecular weight is 730 g/mol. The van der Waals surface area contributed by atoms with E-state index in [9.17, 15) is 0 Å². The van der Waals surface area contributed by atoms with Crippen molar-refractivity contribution in [3.05, 3.63) is 163 Å². The first-order chi connectivity index (χ1) is 24.7. The van der Waals surface area contributed by atoms with Crippen molar-refractivity contribution in [1.29, 1.82) is 0 Å². The molecular weight excluding hydrogens is 695 g/mol. The van der Waals surface area contributed by atoms with Gasteiger partial charge < -0.3 is 34.3 Å². The molecule has 10 nitrogen and oxygen atoms in total. The van der Waals surface area contributed by atoms with Crippen LogP contribution in [0.5, 0.6) is 11.5 Å². The highest BCUT2D eigenvalue weighted by Gasteiger charge is 2.35.